The number of halogens is 1. The van der Waals surface area contributed by atoms with Crippen LogP contribution in [0, 0.1) is 5.82 Å². The van der Waals surface area contributed by atoms with E-state index in [2.05, 4.69) is 25.4 Å². The second kappa shape index (κ2) is 9.21. The van der Waals surface area contributed by atoms with E-state index in [1.165, 1.54) is 6.07 Å². The highest BCUT2D eigenvalue weighted by Gasteiger charge is 2.17. The zero-order valence-electron chi connectivity index (χ0n) is 17.1. The summed E-state index contributed by atoms with van der Waals surface area (Å²) in [7, 11) is 1.55. The van der Waals surface area contributed by atoms with Crippen molar-refractivity contribution in [3.63, 3.8) is 0 Å². The van der Waals surface area contributed by atoms with E-state index >= 15 is 0 Å². The highest BCUT2D eigenvalue weighted by molar-refractivity contribution is 5.64. The molecule has 0 saturated carbocycles. The van der Waals surface area contributed by atoms with Crippen molar-refractivity contribution >= 4 is 11.5 Å². The van der Waals surface area contributed by atoms with Crippen LogP contribution in [0.4, 0.5) is 15.9 Å². The summed E-state index contributed by atoms with van der Waals surface area (Å²) in [6.45, 7) is 2.54. The molecule has 0 atom stereocenters. The van der Waals surface area contributed by atoms with Gasteiger partial charge >= 0.3 is 0 Å². The van der Waals surface area contributed by atoms with Crippen molar-refractivity contribution in [1.29, 1.82) is 0 Å². The number of ether oxygens (including phenoxy) is 2. The molecule has 0 aliphatic rings. The molecule has 0 aliphatic carbocycles. The first-order valence-corrected chi connectivity index (χ1v) is 9.70. The molecular formula is C22H21FN6O2. The lowest BCUT2D eigenvalue weighted by molar-refractivity contribution is 0.304. The third-order valence-electron chi connectivity index (χ3n) is 4.46. The highest BCUT2D eigenvalue weighted by atomic mass is 19.1. The van der Waals surface area contributed by atoms with Crippen LogP contribution in [0.1, 0.15) is 12.5 Å². The number of hydrogen-bond donors (Lipinski definition) is 1. The lowest BCUT2D eigenvalue weighted by atomic mass is 10.2. The lowest BCUT2D eigenvalue weighted by Crippen LogP contribution is -2.07. The predicted molar refractivity (Wildman–Crippen MR) is 114 cm³/mol. The number of pyridine rings is 1. The van der Waals surface area contributed by atoms with Crippen LogP contribution in [-0.2, 0) is 6.54 Å². The van der Waals surface area contributed by atoms with E-state index in [0.29, 0.717) is 41.1 Å². The molecule has 0 bridgehead atoms. The number of rotatable bonds is 8. The van der Waals surface area contributed by atoms with Gasteiger partial charge in [0.1, 0.15) is 11.5 Å². The quantitative estimate of drug-likeness (QED) is 0.460. The second-order valence-corrected chi connectivity index (χ2v) is 6.52. The smallest absolute Gasteiger partial charge is 0.212 e. The number of benzene rings is 1. The minimum absolute atomic E-state index is 0.223. The van der Waals surface area contributed by atoms with E-state index < -0.39 is 0 Å². The molecule has 0 amide bonds. The molecule has 0 saturated heterocycles. The van der Waals surface area contributed by atoms with E-state index in [0.717, 1.165) is 5.69 Å². The molecule has 0 unspecified atom stereocenters. The van der Waals surface area contributed by atoms with Crippen LogP contribution in [0.3, 0.4) is 0 Å². The van der Waals surface area contributed by atoms with Crippen molar-refractivity contribution in [2.75, 3.05) is 19.0 Å². The van der Waals surface area contributed by atoms with E-state index in [1.807, 2.05) is 19.1 Å². The van der Waals surface area contributed by atoms with Crippen molar-refractivity contribution in [2.24, 2.45) is 0 Å². The Morgan fingerprint density at radius 2 is 1.94 bits per heavy atom. The molecule has 4 rings (SSSR count). The summed E-state index contributed by atoms with van der Waals surface area (Å²) in [4.78, 5) is 13.0. The summed E-state index contributed by atoms with van der Waals surface area (Å²) in [6, 6.07) is 11.9. The van der Waals surface area contributed by atoms with Gasteiger partial charge in [-0.3, -0.25) is 4.98 Å². The summed E-state index contributed by atoms with van der Waals surface area (Å²) in [6.07, 6.45) is 4.92. The molecule has 0 aliphatic heterocycles. The Labute approximate surface area is 178 Å². The minimum Gasteiger partial charge on any atom is -0.491 e. The Kier molecular flexibility index (Phi) is 6.02. The molecule has 4 aromatic rings. The van der Waals surface area contributed by atoms with Crippen LogP contribution in [-0.4, -0.2) is 38.4 Å². The third-order valence-corrected chi connectivity index (χ3v) is 4.46. The van der Waals surface area contributed by atoms with Gasteiger partial charge in [-0.25, -0.2) is 19.0 Å². The van der Waals surface area contributed by atoms with E-state index in [4.69, 9.17) is 9.47 Å². The molecular weight excluding hydrogens is 399 g/mol. The monoisotopic (exact) mass is 420 g/mol. The van der Waals surface area contributed by atoms with Crippen LogP contribution in [0.2, 0.25) is 0 Å². The number of anilines is 2. The summed E-state index contributed by atoms with van der Waals surface area (Å²) in [5.41, 5.74) is 1.81. The van der Waals surface area contributed by atoms with E-state index in [-0.39, 0.29) is 12.4 Å². The Bertz CT molecular complexity index is 1170. The van der Waals surface area contributed by atoms with Crippen LogP contribution in [0.15, 0.2) is 61.1 Å². The van der Waals surface area contributed by atoms with Gasteiger partial charge < -0.3 is 14.8 Å². The summed E-state index contributed by atoms with van der Waals surface area (Å²) >= 11 is 0. The van der Waals surface area contributed by atoms with E-state index in [1.54, 1.807) is 54.6 Å². The molecule has 9 heteroatoms. The molecule has 8 nitrogen and oxygen atoms in total. The number of hydrogen-bond acceptors (Lipinski definition) is 7. The van der Waals surface area contributed by atoms with Gasteiger partial charge in [0.25, 0.3) is 0 Å². The molecule has 158 valence electrons. The number of nitrogens with one attached hydrogen (secondary N) is 1. The Morgan fingerprint density at radius 3 is 2.68 bits per heavy atom. The molecule has 1 aromatic carbocycles. The van der Waals surface area contributed by atoms with Gasteiger partial charge in [-0.1, -0.05) is 18.2 Å². The lowest BCUT2D eigenvalue weighted by Gasteiger charge is -2.10. The first kappa shape index (κ1) is 20.3. The van der Waals surface area contributed by atoms with Gasteiger partial charge in [0.15, 0.2) is 17.4 Å². The topological polar surface area (TPSA) is 87.0 Å². The Hall–Kier alpha value is -4.01. The number of methoxy groups -OCH3 is 1. The first-order chi connectivity index (χ1) is 15.2. The van der Waals surface area contributed by atoms with Crippen molar-refractivity contribution in [3.05, 3.63) is 72.4 Å². The fourth-order valence-electron chi connectivity index (χ4n) is 2.98. The standard InChI is InChI=1S/C22H21FN6O2/c1-3-31-20-12-18(28-29(20)14-15-6-4-5-7-17(15)23)21-25-13-19(30-2)22(27-21)26-16-8-10-24-11-9-16/h4-13H,3,14H2,1-2H3,(H,24,25,26,27). The van der Waals surface area contributed by atoms with Crippen molar-refractivity contribution in [1.82, 2.24) is 24.7 Å². The minimum atomic E-state index is -0.300. The fourth-order valence-corrected chi connectivity index (χ4v) is 2.98. The molecule has 31 heavy (non-hydrogen) atoms. The molecule has 3 heterocycles. The Morgan fingerprint density at radius 1 is 1.13 bits per heavy atom. The van der Waals surface area contributed by atoms with Gasteiger partial charge in [0.05, 0.1) is 26.5 Å². The molecule has 1 N–H and O–H groups in total. The van der Waals surface area contributed by atoms with Gasteiger partial charge in [-0.2, -0.15) is 5.10 Å². The van der Waals surface area contributed by atoms with Gasteiger partial charge in [-0.05, 0) is 25.1 Å². The largest absolute Gasteiger partial charge is 0.491 e. The van der Waals surface area contributed by atoms with E-state index in [9.17, 15) is 4.39 Å². The van der Waals surface area contributed by atoms with Crippen molar-refractivity contribution < 1.29 is 13.9 Å². The first-order valence-electron chi connectivity index (χ1n) is 9.70. The highest BCUT2D eigenvalue weighted by Crippen LogP contribution is 2.29. The summed E-state index contributed by atoms with van der Waals surface area (Å²) in [5.74, 6) is 1.55. The average molecular weight is 420 g/mol. The predicted octanol–water partition coefficient (Wildman–Crippen LogP) is 4.07. The SMILES string of the molecule is CCOc1cc(-c2ncc(OC)c(Nc3ccncc3)n2)nn1Cc1ccccc1F. The average Bonchev–Trinajstić information content (AvgIpc) is 3.19. The van der Waals surface area contributed by atoms with Gasteiger partial charge in [0.2, 0.25) is 5.88 Å². The normalized spacial score (nSPS) is 10.7. The maximum atomic E-state index is 14.1. The summed E-state index contributed by atoms with van der Waals surface area (Å²) < 4.78 is 26.8. The molecule has 0 spiro atoms. The zero-order valence-corrected chi connectivity index (χ0v) is 17.1. The van der Waals surface area contributed by atoms with Crippen LogP contribution >= 0.6 is 0 Å². The maximum Gasteiger partial charge on any atom is 0.212 e. The van der Waals surface area contributed by atoms with Gasteiger partial charge in [-0.15, -0.1) is 0 Å². The molecule has 0 radical (unpaired) electrons. The van der Waals surface area contributed by atoms with Crippen molar-refractivity contribution in [2.45, 2.75) is 13.5 Å². The zero-order chi connectivity index (χ0) is 21.6. The number of aromatic nitrogens is 5. The fraction of sp³-hybridized carbons (Fsp3) is 0.182. The van der Waals surface area contributed by atoms with Crippen LogP contribution in [0.5, 0.6) is 11.6 Å². The number of nitrogens with zero attached hydrogens (tertiary/aromatic N) is 5. The van der Waals surface area contributed by atoms with Crippen LogP contribution in [0.25, 0.3) is 11.5 Å². The summed E-state index contributed by atoms with van der Waals surface area (Å²) in [5, 5.41) is 7.76. The maximum absolute atomic E-state index is 14.1. The van der Waals surface area contributed by atoms with Crippen LogP contribution < -0.4 is 14.8 Å². The Balaban J connectivity index is 1.68. The second-order valence-electron chi connectivity index (χ2n) is 6.52. The molecule has 0 fully saturated rings. The third kappa shape index (κ3) is 4.61. The molecule has 3 aromatic heterocycles. The van der Waals surface area contributed by atoms with Crippen molar-refractivity contribution in [3.8, 4) is 23.1 Å². The van der Waals surface area contributed by atoms with Gasteiger partial charge in [0, 0.05) is 29.7 Å².